The lowest BCUT2D eigenvalue weighted by atomic mass is 9.92. The molecule has 2 N–H and O–H groups in total. The standard InChI is InChI=1S/C14H16N2O3/c1-14(2,13(18)19-3)12(17)16-11-8-15-10-7-5-4-6-9(10)11/h4-8,15H,1-3H3,(H,16,17). The van der Waals surface area contributed by atoms with Crippen molar-refractivity contribution in [3.05, 3.63) is 30.5 Å². The summed E-state index contributed by atoms with van der Waals surface area (Å²) in [5.41, 5.74) is 0.346. The van der Waals surface area contributed by atoms with Crippen LogP contribution in [0, 0.1) is 5.41 Å². The summed E-state index contributed by atoms with van der Waals surface area (Å²) < 4.78 is 4.64. The SMILES string of the molecule is COC(=O)C(C)(C)C(=O)Nc1c[nH]c2ccccc12. The Kier molecular flexibility index (Phi) is 3.29. The predicted octanol–water partition coefficient (Wildman–Crippen LogP) is 2.31. The third-order valence-electron chi connectivity index (χ3n) is 3.10. The maximum atomic E-state index is 12.2. The minimum absolute atomic E-state index is 0.399. The number of aromatic nitrogens is 1. The van der Waals surface area contributed by atoms with Crippen molar-refractivity contribution in [1.82, 2.24) is 4.98 Å². The van der Waals surface area contributed by atoms with Gasteiger partial charge in [-0.2, -0.15) is 0 Å². The Morgan fingerprint density at radius 1 is 1.26 bits per heavy atom. The zero-order chi connectivity index (χ0) is 14.0. The van der Waals surface area contributed by atoms with Gasteiger partial charge in [0, 0.05) is 17.1 Å². The molecule has 100 valence electrons. The van der Waals surface area contributed by atoms with E-state index in [4.69, 9.17) is 0 Å². The molecular weight excluding hydrogens is 244 g/mol. The summed E-state index contributed by atoms with van der Waals surface area (Å²) in [7, 11) is 1.27. The fourth-order valence-electron chi connectivity index (χ4n) is 1.80. The van der Waals surface area contributed by atoms with Gasteiger partial charge in [-0.05, 0) is 19.9 Å². The summed E-state index contributed by atoms with van der Waals surface area (Å²) in [4.78, 5) is 26.8. The second-order valence-corrected chi connectivity index (χ2v) is 4.82. The lowest BCUT2D eigenvalue weighted by molar-refractivity contribution is -0.154. The number of amides is 1. The number of H-pyrrole nitrogens is 1. The molecule has 5 nitrogen and oxygen atoms in total. The van der Waals surface area contributed by atoms with Crippen LogP contribution < -0.4 is 5.32 Å². The molecule has 0 aliphatic rings. The minimum atomic E-state index is -1.23. The summed E-state index contributed by atoms with van der Waals surface area (Å²) in [6.07, 6.45) is 1.70. The number of para-hydroxylation sites is 1. The number of aromatic amines is 1. The van der Waals surface area contributed by atoms with Crippen molar-refractivity contribution in [3.63, 3.8) is 0 Å². The van der Waals surface area contributed by atoms with E-state index < -0.39 is 17.3 Å². The van der Waals surface area contributed by atoms with Gasteiger partial charge >= 0.3 is 5.97 Å². The molecule has 0 aliphatic carbocycles. The Labute approximate surface area is 110 Å². The number of anilines is 1. The van der Waals surface area contributed by atoms with Gasteiger partial charge in [0.05, 0.1) is 12.8 Å². The highest BCUT2D eigenvalue weighted by Gasteiger charge is 2.37. The number of benzene rings is 1. The molecular formula is C14H16N2O3. The van der Waals surface area contributed by atoms with E-state index in [1.54, 1.807) is 6.20 Å². The van der Waals surface area contributed by atoms with Crippen LogP contribution in [0.2, 0.25) is 0 Å². The second kappa shape index (κ2) is 4.76. The minimum Gasteiger partial charge on any atom is -0.468 e. The number of hydrogen-bond acceptors (Lipinski definition) is 3. The van der Waals surface area contributed by atoms with Gasteiger partial charge in [0.2, 0.25) is 5.91 Å². The smallest absolute Gasteiger partial charge is 0.320 e. The highest BCUT2D eigenvalue weighted by atomic mass is 16.5. The molecule has 0 spiro atoms. The van der Waals surface area contributed by atoms with E-state index in [-0.39, 0.29) is 0 Å². The number of nitrogens with one attached hydrogen (secondary N) is 2. The molecule has 0 saturated heterocycles. The first-order valence-corrected chi connectivity index (χ1v) is 5.93. The summed E-state index contributed by atoms with van der Waals surface area (Å²) in [5.74, 6) is -0.964. The van der Waals surface area contributed by atoms with E-state index >= 15 is 0 Å². The average molecular weight is 260 g/mol. The lowest BCUT2D eigenvalue weighted by Gasteiger charge is -2.20. The first-order chi connectivity index (χ1) is 8.96. The number of carbonyl (C=O) groups excluding carboxylic acids is 2. The molecule has 5 heteroatoms. The van der Waals surface area contributed by atoms with Crippen molar-refractivity contribution in [2.75, 3.05) is 12.4 Å². The van der Waals surface area contributed by atoms with E-state index in [9.17, 15) is 9.59 Å². The van der Waals surface area contributed by atoms with Crippen LogP contribution in [-0.4, -0.2) is 24.0 Å². The van der Waals surface area contributed by atoms with Gasteiger partial charge < -0.3 is 15.0 Å². The number of esters is 1. The highest BCUT2D eigenvalue weighted by Crippen LogP contribution is 2.25. The van der Waals surface area contributed by atoms with Gasteiger partial charge in [0.15, 0.2) is 0 Å². The Morgan fingerprint density at radius 2 is 1.95 bits per heavy atom. The molecule has 0 saturated carbocycles. The quantitative estimate of drug-likeness (QED) is 0.657. The monoisotopic (exact) mass is 260 g/mol. The molecule has 0 fully saturated rings. The fraction of sp³-hybridized carbons (Fsp3) is 0.286. The maximum Gasteiger partial charge on any atom is 0.320 e. The van der Waals surface area contributed by atoms with Crippen LogP contribution in [0.15, 0.2) is 30.5 Å². The van der Waals surface area contributed by atoms with Crippen LogP contribution in [0.3, 0.4) is 0 Å². The second-order valence-electron chi connectivity index (χ2n) is 4.82. The zero-order valence-corrected chi connectivity index (χ0v) is 11.1. The Balaban J connectivity index is 2.26. The van der Waals surface area contributed by atoms with Gasteiger partial charge in [-0.25, -0.2) is 0 Å². The molecule has 0 bridgehead atoms. The molecule has 0 radical (unpaired) electrons. The Hall–Kier alpha value is -2.30. The molecule has 0 unspecified atom stereocenters. The average Bonchev–Trinajstić information content (AvgIpc) is 2.81. The van der Waals surface area contributed by atoms with Crippen LogP contribution >= 0.6 is 0 Å². The number of methoxy groups -OCH3 is 1. The molecule has 1 aromatic carbocycles. The first-order valence-electron chi connectivity index (χ1n) is 5.93. The number of carbonyl (C=O) groups is 2. The predicted molar refractivity (Wildman–Crippen MR) is 72.7 cm³/mol. The van der Waals surface area contributed by atoms with E-state index in [2.05, 4.69) is 15.0 Å². The fourth-order valence-corrected chi connectivity index (χ4v) is 1.80. The molecule has 1 aromatic heterocycles. The molecule has 19 heavy (non-hydrogen) atoms. The normalized spacial score (nSPS) is 11.3. The van der Waals surface area contributed by atoms with Crippen LogP contribution in [0.5, 0.6) is 0 Å². The lowest BCUT2D eigenvalue weighted by Crippen LogP contribution is -2.38. The molecule has 1 heterocycles. The van der Waals surface area contributed by atoms with E-state index in [1.165, 1.54) is 21.0 Å². The number of ether oxygens (including phenoxy) is 1. The van der Waals surface area contributed by atoms with Crippen molar-refractivity contribution in [1.29, 1.82) is 0 Å². The molecule has 0 atom stereocenters. The van der Waals surface area contributed by atoms with Gasteiger partial charge in [-0.1, -0.05) is 18.2 Å². The van der Waals surface area contributed by atoms with E-state index in [0.717, 1.165) is 10.9 Å². The molecule has 2 rings (SSSR count). The summed E-state index contributed by atoms with van der Waals surface area (Å²) in [6, 6.07) is 7.60. The third-order valence-corrected chi connectivity index (χ3v) is 3.10. The summed E-state index contributed by atoms with van der Waals surface area (Å²) in [6.45, 7) is 3.06. The molecule has 0 aliphatic heterocycles. The number of rotatable bonds is 3. The van der Waals surface area contributed by atoms with Gasteiger partial charge in [0.25, 0.3) is 0 Å². The van der Waals surface area contributed by atoms with Gasteiger partial charge in [0.1, 0.15) is 5.41 Å². The van der Waals surface area contributed by atoms with Gasteiger partial charge in [-0.15, -0.1) is 0 Å². The summed E-state index contributed by atoms with van der Waals surface area (Å²) >= 11 is 0. The zero-order valence-electron chi connectivity index (χ0n) is 11.1. The summed E-state index contributed by atoms with van der Waals surface area (Å²) in [5, 5.41) is 3.65. The van der Waals surface area contributed by atoms with E-state index in [1.807, 2.05) is 24.3 Å². The van der Waals surface area contributed by atoms with Crippen molar-refractivity contribution in [2.24, 2.45) is 5.41 Å². The van der Waals surface area contributed by atoms with Crippen molar-refractivity contribution >= 4 is 28.5 Å². The third kappa shape index (κ3) is 2.31. The topological polar surface area (TPSA) is 71.2 Å². The number of hydrogen-bond donors (Lipinski definition) is 2. The van der Waals surface area contributed by atoms with Crippen molar-refractivity contribution < 1.29 is 14.3 Å². The Morgan fingerprint density at radius 3 is 2.63 bits per heavy atom. The molecule has 1 amide bonds. The van der Waals surface area contributed by atoms with Crippen LogP contribution in [0.1, 0.15) is 13.8 Å². The van der Waals surface area contributed by atoms with E-state index in [0.29, 0.717) is 5.69 Å². The van der Waals surface area contributed by atoms with Crippen LogP contribution in [0.4, 0.5) is 5.69 Å². The highest BCUT2D eigenvalue weighted by molar-refractivity contribution is 6.11. The molecule has 2 aromatic rings. The van der Waals surface area contributed by atoms with Crippen molar-refractivity contribution in [2.45, 2.75) is 13.8 Å². The van der Waals surface area contributed by atoms with Gasteiger partial charge in [-0.3, -0.25) is 9.59 Å². The van der Waals surface area contributed by atoms with Crippen LogP contribution in [0.25, 0.3) is 10.9 Å². The first kappa shape index (κ1) is 13.1. The van der Waals surface area contributed by atoms with Crippen molar-refractivity contribution in [3.8, 4) is 0 Å². The number of fused-ring (bicyclic) bond motifs is 1. The Bertz CT molecular complexity index is 628. The largest absolute Gasteiger partial charge is 0.468 e. The van der Waals surface area contributed by atoms with Crippen LogP contribution in [-0.2, 0) is 14.3 Å². The maximum absolute atomic E-state index is 12.2.